The molecule has 0 bridgehead atoms. The van der Waals surface area contributed by atoms with E-state index >= 15 is 0 Å². The Morgan fingerprint density at radius 3 is 1.90 bits per heavy atom. The van der Waals surface area contributed by atoms with Crippen molar-refractivity contribution in [3.8, 4) is 0 Å². The minimum atomic E-state index is -0.702. The van der Waals surface area contributed by atoms with Crippen LogP contribution in [0, 0.1) is 10.1 Å². The molecule has 10 heavy (non-hydrogen) atoms. The van der Waals surface area contributed by atoms with Crippen LogP contribution in [-0.2, 0) is 4.79 Å². The minimum Gasteiger partial charge on any atom is -0.287 e. The maximum absolute atomic E-state index is 10.5. The lowest BCUT2D eigenvalue weighted by Crippen LogP contribution is -2.08. The first kappa shape index (κ1) is 9.29. The molecule has 0 rings (SSSR count). The zero-order valence-electron chi connectivity index (χ0n) is 5.55. The van der Waals surface area contributed by atoms with Crippen molar-refractivity contribution in [2.75, 3.05) is 0 Å². The second kappa shape index (κ2) is 3.46. The summed E-state index contributed by atoms with van der Waals surface area (Å²) in [6.45, 7) is 2.61. The number of ketones is 1. The monoisotopic (exact) mass is 207 g/mol. The fourth-order valence-electron chi connectivity index (χ4n) is 0.497. The number of rotatable bonds is 2. The van der Waals surface area contributed by atoms with Crippen molar-refractivity contribution in [2.24, 2.45) is 0 Å². The van der Waals surface area contributed by atoms with Crippen LogP contribution < -0.4 is 0 Å². The zero-order chi connectivity index (χ0) is 8.31. The van der Waals surface area contributed by atoms with E-state index in [-0.39, 0.29) is 10.2 Å². The van der Waals surface area contributed by atoms with Crippen molar-refractivity contribution in [3.63, 3.8) is 0 Å². The van der Waals surface area contributed by atoms with Crippen molar-refractivity contribution < 1.29 is 9.72 Å². The van der Waals surface area contributed by atoms with Crippen molar-refractivity contribution in [2.45, 2.75) is 13.8 Å². The highest BCUT2D eigenvalue weighted by atomic mass is 79.9. The Morgan fingerprint density at radius 2 is 1.90 bits per heavy atom. The van der Waals surface area contributed by atoms with Gasteiger partial charge in [0.15, 0.2) is 0 Å². The van der Waals surface area contributed by atoms with E-state index in [2.05, 4.69) is 15.9 Å². The molecule has 0 unspecified atom stereocenters. The molecule has 0 spiro atoms. The third-order valence-corrected chi connectivity index (χ3v) is 1.22. The lowest BCUT2D eigenvalue weighted by molar-refractivity contribution is -0.419. The topological polar surface area (TPSA) is 60.2 Å². The average Bonchev–Trinajstić information content (AvgIpc) is 1.59. The predicted molar refractivity (Wildman–Crippen MR) is 39.3 cm³/mol. The Balaban J connectivity index is 4.79. The molecular weight excluding hydrogens is 202 g/mol. The van der Waals surface area contributed by atoms with Gasteiger partial charge in [-0.1, -0.05) is 0 Å². The van der Waals surface area contributed by atoms with Crippen LogP contribution in [0.1, 0.15) is 13.8 Å². The fraction of sp³-hybridized carbons (Fsp3) is 0.400. The van der Waals surface area contributed by atoms with Gasteiger partial charge in [-0.3, -0.25) is 14.9 Å². The quantitative estimate of drug-likeness (QED) is 0.392. The molecule has 4 nitrogen and oxygen atoms in total. The summed E-state index contributed by atoms with van der Waals surface area (Å²) in [5, 5.41) is 10.1. The molecule has 0 atom stereocenters. The summed E-state index contributed by atoms with van der Waals surface area (Å²) < 4.78 is 0.255. The number of carbonyl (C=O) groups is 1. The Bertz CT molecular complexity index is 189. The van der Waals surface area contributed by atoms with E-state index in [1.165, 1.54) is 6.92 Å². The van der Waals surface area contributed by atoms with Crippen LogP contribution in [-0.4, -0.2) is 10.7 Å². The van der Waals surface area contributed by atoms with Gasteiger partial charge >= 0.3 is 5.70 Å². The first-order valence-electron chi connectivity index (χ1n) is 2.48. The van der Waals surface area contributed by atoms with E-state index in [1.54, 1.807) is 0 Å². The van der Waals surface area contributed by atoms with E-state index in [0.717, 1.165) is 6.92 Å². The molecule has 0 aromatic rings. The Labute approximate surface area is 66.2 Å². The molecule has 0 heterocycles. The number of carbonyl (C=O) groups excluding carboxylic acids is 1. The number of allylic oxidation sites excluding steroid dienone is 2. The highest BCUT2D eigenvalue weighted by molar-refractivity contribution is 9.11. The Hall–Kier alpha value is -0.710. The standard InChI is InChI=1S/C5H6BrNO3/c1-3(6)5(4(2)8)7(9)10/h1-2H3/b5-3+. The van der Waals surface area contributed by atoms with E-state index in [4.69, 9.17) is 0 Å². The van der Waals surface area contributed by atoms with Gasteiger partial charge in [-0.05, 0) is 22.9 Å². The summed E-state index contributed by atoms with van der Waals surface area (Å²) >= 11 is 2.86. The van der Waals surface area contributed by atoms with Crippen molar-refractivity contribution >= 4 is 21.7 Å². The molecule has 0 N–H and O–H groups in total. The second-order valence-electron chi connectivity index (χ2n) is 1.70. The molecule has 0 fully saturated rings. The van der Waals surface area contributed by atoms with Crippen LogP contribution in [0.3, 0.4) is 0 Å². The normalized spacial score (nSPS) is 12.3. The molecule has 0 aliphatic carbocycles. The van der Waals surface area contributed by atoms with Crippen LogP contribution in [0.5, 0.6) is 0 Å². The van der Waals surface area contributed by atoms with Crippen molar-refractivity contribution in [1.29, 1.82) is 0 Å². The van der Waals surface area contributed by atoms with Crippen LogP contribution in [0.25, 0.3) is 0 Å². The van der Waals surface area contributed by atoms with Crippen molar-refractivity contribution in [3.05, 3.63) is 20.3 Å². The van der Waals surface area contributed by atoms with E-state index in [9.17, 15) is 14.9 Å². The summed E-state index contributed by atoms with van der Waals surface area (Å²) in [6.07, 6.45) is 0. The molecule has 0 aliphatic rings. The predicted octanol–water partition coefficient (Wildman–Crippen LogP) is 1.48. The Morgan fingerprint density at radius 1 is 1.50 bits per heavy atom. The van der Waals surface area contributed by atoms with Gasteiger partial charge in [-0.2, -0.15) is 0 Å². The number of Topliss-reactive ketones (excluding diaryl/α,β-unsaturated/α-hetero) is 1. The molecule has 0 saturated heterocycles. The van der Waals surface area contributed by atoms with Gasteiger partial charge in [0, 0.05) is 6.92 Å². The van der Waals surface area contributed by atoms with Gasteiger partial charge < -0.3 is 0 Å². The van der Waals surface area contributed by atoms with E-state index in [1.807, 2.05) is 0 Å². The first-order chi connectivity index (χ1) is 4.46. The smallest absolute Gasteiger partial charge is 0.287 e. The number of nitro groups is 1. The highest BCUT2D eigenvalue weighted by Gasteiger charge is 2.18. The molecule has 0 saturated carbocycles. The van der Waals surface area contributed by atoms with E-state index < -0.39 is 10.7 Å². The molecule has 5 heteroatoms. The third kappa shape index (κ3) is 2.26. The average molecular weight is 208 g/mol. The molecule has 0 amide bonds. The summed E-state index contributed by atoms with van der Waals surface area (Å²) in [7, 11) is 0. The number of nitrogens with zero attached hydrogens (tertiary/aromatic N) is 1. The summed E-state index contributed by atoms with van der Waals surface area (Å²) in [5.74, 6) is -0.542. The first-order valence-corrected chi connectivity index (χ1v) is 3.27. The summed E-state index contributed by atoms with van der Waals surface area (Å²) in [5.41, 5.74) is -0.389. The molecule has 56 valence electrons. The molecule has 0 radical (unpaired) electrons. The van der Waals surface area contributed by atoms with Crippen LogP contribution in [0.2, 0.25) is 0 Å². The number of hydrogen-bond donors (Lipinski definition) is 0. The summed E-state index contributed by atoms with van der Waals surface area (Å²) in [6, 6.07) is 0. The lowest BCUT2D eigenvalue weighted by atomic mass is 10.3. The molecule has 0 aromatic carbocycles. The Kier molecular flexibility index (Phi) is 3.21. The van der Waals surface area contributed by atoms with Gasteiger partial charge in [0.05, 0.1) is 9.41 Å². The summed E-state index contributed by atoms with van der Waals surface area (Å²) in [4.78, 5) is 19.9. The maximum atomic E-state index is 10.5. The molecule has 0 aliphatic heterocycles. The highest BCUT2D eigenvalue weighted by Crippen LogP contribution is 2.11. The van der Waals surface area contributed by atoms with Crippen LogP contribution >= 0.6 is 15.9 Å². The van der Waals surface area contributed by atoms with Crippen LogP contribution in [0.15, 0.2) is 10.2 Å². The van der Waals surface area contributed by atoms with Gasteiger partial charge in [-0.15, -0.1) is 0 Å². The van der Waals surface area contributed by atoms with Gasteiger partial charge in [-0.25, -0.2) is 0 Å². The number of halogens is 1. The van der Waals surface area contributed by atoms with Gasteiger partial charge in [0.1, 0.15) is 0 Å². The van der Waals surface area contributed by atoms with Crippen LogP contribution in [0.4, 0.5) is 0 Å². The zero-order valence-corrected chi connectivity index (χ0v) is 7.14. The van der Waals surface area contributed by atoms with Gasteiger partial charge in [0.2, 0.25) is 5.78 Å². The second-order valence-corrected chi connectivity index (χ2v) is 2.88. The number of hydrogen-bond acceptors (Lipinski definition) is 3. The SMILES string of the molecule is CC(=O)/C(=C(/C)Br)[N+](=O)[O-]. The largest absolute Gasteiger partial charge is 0.321 e. The minimum absolute atomic E-state index is 0.255. The maximum Gasteiger partial charge on any atom is 0.321 e. The third-order valence-electron chi connectivity index (χ3n) is 0.842. The van der Waals surface area contributed by atoms with Crippen molar-refractivity contribution in [1.82, 2.24) is 0 Å². The fourth-order valence-corrected chi connectivity index (χ4v) is 0.921. The van der Waals surface area contributed by atoms with E-state index in [0.29, 0.717) is 0 Å². The molecule has 0 aromatic heterocycles. The van der Waals surface area contributed by atoms with Gasteiger partial charge in [0.25, 0.3) is 0 Å². The lowest BCUT2D eigenvalue weighted by Gasteiger charge is -1.91. The molecular formula is C5H6BrNO3.